The minimum atomic E-state index is -3.96. The molecule has 1 aromatic heterocycles. The van der Waals surface area contributed by atoms with Gasteiger partial charge in [0.05, 0.1) is 12.5 Å². The Morgan fingerprint density at radius 1 is 0.878 bits per heavy atom. The Morgan fingerprint density at radius 3 is 2.32 bits per heavy atom. The lowest BCUT2D eigenvalue weighted by atomic mass is 9.85. The third-order valence-electron chi connectivity index (χ3n) is 6.78. The molecule has 0 saturated carbocycles. The van der Waals surface area contributed by atoms with Gasteiger partial charge >= 0.3 is 0 Å². The summed E-state index contributed by atoms with van der Waals surface area (Å²) in [6.07, 6.45) is 3.22. The predicted molar refractivity (Wildman–Crippen MR) is 155 cm³/mol. The van der Waals surface area contributed by atoms with Crippen molar-refractivity contribution < 1.29 is 26.4 Å². The zero-order valence-corrected chi connectivity index (χ0v) is 23.6. The zero-order chi connectivity index (χ0) is 29.5. The number of hydrogen-bond donors (Lipinski definition) is 3. The van der Waals surface area contributed by atoms with Crippen LogP contribution in [0, 0.1) is 0 Å². The summed E-state index contributed by atoms with van der Waals surface area (Å²) in [7, 11) is -7.76. The van der Waals surface area contributed by atoms with E-state index in [9.17, 15) is 31.2 Å². The van der Waals surface area contributed by atoms with Crippen LogP contribution in [0.4, 0.5) is 5.69 Å². The summed E-state index contributed by atoms with van der Waals surface area (Å²) >= 11 is 0. The van der Waals surface area contributed by atoms with Gasteiger partial charge in [0.15, 0.2) is 0 Å². The highest BCUT2D eigenvalue weighted by atomic mass is 32.2. The van der Waals surface area contributed by atoms with Gasteiger partial charge in [0.1, 0.15) is 6.04 Å². The van der Waals surface area contributed by atoms with Crippen LogP contribution >= 0.6 is 0 Å². The fourth-order valence-corrected chi connectivity index (χ4v) is 6.25. The maximum Gasteiger partial charge on any atom is 0.264 e. The molecule has 2 atom stereocenters. The maximum atomic E-state index is 13.7. The molecule has 41 heavy (non-hydrogen) atoms. The molecule has 1 aliphatic heterocycles. The van der Waals surface area contributed by atoms with E-state index in [1.807, 2.05) is 41.1 Å². The van der Waals surface area contributed by atoms with E-state index in [1.165, 1.54) is 18.3 Å². The van der Waals surface area contributed by atoms with Gasteiger partial charge in [-0.1, -0.05) is 48.5 Å². The summed E-state index contributed by atoms with van der Waals surface area (Å²) in [6.45, 7) is 0.0361. The summed E-state index contributed by atoms with van der Waals surface area (Å²) < 4.78 is 51.6. The maximum absolute atomic E-state index is 13.7. The largest absolute Gasteiger partial charge is 0.354 e. The highest BCUT2D eigenvalue weighted by Crippen LogP contribution is 2.48. The number of nitrogens with one attached hydrogen (secondary N) is 3. The average molecular weight is 595 g/mol. The highest BCUT2D eigenvalue weighted by molar-refractivity contribution is 7.89. The van der Waals surface area contributed by atoms with Gasteiger partial charge in [-0.25, -0.2) is 21.6 Å². The summed E-state index contributed by atoms with van der Waals surface area (Å²) in [6, 6.07) is 19.5. The minimum Gasteiger partial charge on any atom is -0.354 e. The zero-order valence-electron chi connectivity index (χ0n) is 22.0. The van der Waals surface area contributed by atoms with Crippen molar-refractivity contribution >= 4 is 48.3 Å². The SMILES string of the molecule is CS(=O)(=O)NC(=O)c1cccc(CN2c3ccc4ccccc4c3C(c3ccc[nH]c3=O)C2C(=O)NS(C)(=O)=O)c1. The number of anilines is 1. The van der Waals surface area contributed by atoms with Crippen LogP contribution in [-0.4, -0.2) is 52.2 Å². The molecular formula is C28H26N4O7S2. The third-order valence-corrected chi connectivity index (χ3v) is 7.91. The molecule has 11 nitrogen and oxygen atoms in total. The number of H-pyrrole nitrogens is 1. The molecule has 2 unspecified atom stereocenters. The smallest absolute Gasteiger partial charge is 0.264 e. The fourth-order valence-electron chi connectivity index (χ4n) is 5.31. The van der Waals surface area contributed by atoms with Crippen LogP contribution in [-0.2, 0) is 31.4 Å². The number of rotatable bonds is 7. The van der Waals surface area contributed by atoms with Gasteiger partial charge in [0.25, 0.3) is 17.4 Å². The number of aromatic amines is 1. The van der Waals surface area contributed by atoms with Gasteiger partial charge in [-0.2, -0.15) is 0 Å². The number of nitrogens with zero attached hydrogens (tertiary/aromatic N) is 1. The number of sulfonamides is 2. The molecule has 4 aromatic rings. The number of pyridine rings is 1. The summed E-state index contributed by atoms with van der Waals surface area (Å²) in [5.41, 5.74) is 1.78. The Morgan fingerprint density at radius 2 is 1.61 bits per heavy atom. The van der Waals surface area contributed by atoms with Gasteiger partial charge < -0.3 is 9.88 Å². The quantitative estimate of drug-likeness (QED) is 0.292. The summed E-state index contributed by atoms with van der Waals surface area (Å²) in [5, 5.41) is 1.66. The van der Waals surface area contributed by atoms with Gasteiger partial charge in [-0.15, -0.1) is 0 Å². The van der Waals surface area contributed by atoms with Crippen molar-refractivity contribution in [3.05, 3.63) is 112 Å². The summed E-state index contributed by atoms with van der Waals surface area (Å²) in [5.74, 6) is -2.49. The molecule has 2 amide bonds. The predicted octanol–water partition coefficient (Wildman–Crippen LogP) is 1.81. The second kappa shape index (κ2) is 10.5. The van der Waals surface area contributed by atoms with Gasteiger partial charge in [0.2, 0.25) is 20.0 Å². The Kier molecular flexibility index (Phi) is 7.17. The number of hydrogen-bond acceptors (Lipinski definition) is 8. The van der Waals surface area contributed by atoms with E-state index in [0.717, 1.165) is 23.3 Å². The first-order chi connectivity index (χ1) is 19.3. The van der Waals surface area contributed by atoms with Crippen molar-refractivity contribution in [1.82, 2.24) is 14.4 Å². The number of aromatic nitrogens is 1. The van der Waals surface area contributed by atoms with Crippen LogP contribution in [0.2, 0.25) is 0 Å². The van der Waals surface area contributed by atoms with Gasteiger partial charge in [-0.3, -0.25) is 19.1 Å². The van der Waals surface area contributed by atoms with E-state index in [0.29, 0.717) is 16.8 Å². The van der Waals surface area contributed by atoms with E-state index < -0.39 is 49.4 Å². The van der Waals surface area contributed by atoms with Crippen LogP contribution < -0.4 is 19.9 Å². The van der Waals surface area contributed by atoms with Crippen molar-refractivity contribution in [2.45, 2.75) is 18.5 Å². The van der Waals surface area contributed by atoms with Gasteiger partial charge in [-0.05, 0) is 46.2 Å². The average Bonchev–Trinajstić information content (AvgIpc) is 3.21. The van der Waals surface area contributed by atoms with E-state index in [2.05, 4.69) is 9.71 Å². The number of fused-ring (bicyclic) bond motifs is 3. The molecule has 212 valence electrons. The molecule has 3 N–H and O–H groups in total. The molecule has 0 fully saturated rings. The number of carbonyl (C=O) groups excluding carboxylic acids is 2. The standard InChI is InChI=1S/C28H26N4O7S2/c1-40(36,37)30-26(33)19-9-5-7-17(15-19)16-32-22-13-12-18-8-3-4-10-20(18)23(22)24(21-11-6-14-29-27(21)34)25(32)28(35)31-41(2,38)39/h3-15,24-25H,16H2,1-2H3,(H,29,34)(H,30,33)(H,31,35). The molecule has 2 heterocycles. The van der Waals surface area contributed by atoms with Crippen LogP contribution in [0.3, 0.4) is 0 Å². The lowest BCUT2D eigenvalue weighted by Gasteiger charge is -2.29. The third kappa shape index (κ3) is 5.86. The second-order valence-corrected chi connectivity index (χ2v) is 13.4. The van der Waals surface area contributed by atoms with Crippen molar-refractivity contribution in [3.63, 3.8) is 0 Å². The minimum absolute atomic E-state index is 0.0361. The molecule has 0 radical (unpaired) electrons. The Balaban J connectivity index is 1.70. The number of carbonyl (C=O) groups is 2. The van der Waals surface area contributed by atoms with Crippen LogP contribution in [0.25, 0.3) is 10.8 Å². The van der Waals surface area contributed by atoms with E-state index in [-0.39, 0.29) is 17.7 Å². The molecule has 0 bridgehead atoms. The topological polar surface area (TPSA) is 163 Å². The highest BCUT2D eigenvalue weighted by Gasteiger charge is 2.46. The number of benzene rings is 3. The molecule has 5 rings (SSSR count). The van der Waals surface area contributed by atoms with Crippen LogP contribution in [0.5, 0.6) is 0 Å². The van der Waals surface area contributed by atoms with Crippen molar-refractivity contribution in [3.8, 4) is 0 Å². The molecule has 3 aromatic carbocycles. The van der Waals surface area contributed by atoms with Crippen LogP contribution in [0.15, 0.2) is 83.8 Å². The normalized spacial score (nSPS) is 16.8. The van der Waals surface area contributed by atoms with Crippen molar-refractivity contribution in [2.24, 2.45) is 0 Å². The lowest BCUT2D eigenvalue weighted by molar-refractivity contribution is -0.120. The van der Waals surface area contributed by atoms with Crippen molar-refractivity contribution in [2.75, 3.05) is 17.4 Å². The first-order valence-electron chi connectivity index (χ1n) is 12.4. The lowest BCUT2D eigenvalue weighted by Crippen LogP contribution is -2.49. The van der Waals surface area contributed by atoms with Crippen LogP contribution in [0.1, 0.15) is 33.0 Å². The molecule has 13 heteroatoms. The second-order valence-electron chi connectivity index (χ2n) is 9.87. The number of amides is 2. The molecular weight excluding hydrogens is 568 g/mol. The van der Waals surface area contributed by atoms with E-state index in [1.54, 1.807) is 29.2 Å². The Bertz CT molecular complexity index is 1970. The van der Waals surface area contributed by atoms with Crippen molar-refractivity contribution in [1.29, 1.82) is 0 Å². The summed E-state index contributed by atoms with van der Waals surface area (Å²) in [4.78, 5) is 43.7. The first kappa shape index (κ1) is 28.1. The Hall–Kier alpha value is -4.49. The fraction of sp³-hybridized carbons (Fsp3) is 0.179. The van der Waals surface area contributed by atoms with E-state index >= 15 is 0 Å². The van der Waals surface area contributed by atoms with Gasteiger partial charge in [0, 0.05) is 35.5 Å². The molecule has 0 spiro atoms. The monoisotopic (exact) mass is 594 g/mol. The molecule has 1 aliphatic rings. The first-order valence-corrected chi connectivity index (χ1v) is 16.2. The molecule has 0 saturated heterocycles. The molecule has 0 aliphatic carbocycles. The van der Waals surface area contributed by atoms with E-state index in [4.69, 9.17) is 0 Å². The Labute approximate surface area is 236 Å².